The maximum atomic E-state index is 12.8. The average molecular weight is 295 g/mol. The number of rotatable bonds is 7. The third-order valence-corrected chi connectivity index (χ3v) is 5.82. The SMILES string of the molecule is CCN(CC)CCOC(=O)C1(C2CCCCC2)CCCC1. The molecular weight excluding hydrogens is 262 g/mol. The van der Waals surface area contributed by atoms with Gasteiger partial charge in [0.1, 0.15) is 6.61 Å². The minimum absolute atomic E-state index is 0.121. The Balaban J connectivity index is 1.89. The minimum Gasteiger partial charge on any atom is -0.464 e. The van der Waals surface area contributed by atoms with Gasteiger partial charge in [-0.3, -0.25) is 4.79 Å². The molecule has 0 aliphatic heterocycles. The predicted molar refractivity (Wildman–Crippen MR) is 86.2 cm³/mol. The second-order valence-electron chi connectivity index (χ2n) is 6.86. The van der Waals surface area contributed by atoms with Crippen molar-refractivity contribution in [2.75, 3.05) is 26.2 Å². The van der Waals surface area contributed by atoms with Crippen molar-refractivity contribution >= 4 is 5.97 Å². The number of hydrogen-bond donors (Lipinski definition) is 0. The van der Waals surface area contributed by atoms with Gasteiger partial charge in [0.05, 0.1) is 5.41 Å². The van der Waals surface area contributed by atoms with Gasteiger partial charge in [-0.25, -0.2) is 0 Å². The molecule has 0 aromatic carbocycles. The largest absolute Gasteiger partial charge is 0.464 e. The van der Waals surface area contributed by atoms with E-state index in [1.165, 1.54) is 44.9 Å². The summed E-state index contributed by atoms with van der Waals surface area (Å²) in [5, 5.41) is 0. The normalized spacial score (nSPS) is 22.6. The second-order valence-corrected chi connectivity index (χ2v) is 6.86. The topological polar surface area (TPSA) is 29.5 Å². The van der Waals surface area contributed by atoms with Crippen LogP contribution in [0.1, 0.15) is 71.6 Å². The molecule has 0 saturated heterocycles. The highest BCUT2D eigenvalue weighted by Gasteiger charge is 2.48. The summed E-state index contributed by atoms with van der Waals surface area (Å²) in [6.07, 6.45) is 11.0. The van der Waals surface area contributed by atoms with Crippen molar-refractivity contribution in [2.24, 2.45) is 11.3 Å². The molecule has 0 aromatic heterocycles. The lowest BCUT2D eigenvalue weighted by molar-refractivity contribution is -0.160. The monoisotopic (exact) mass is 295 g/mol. The van der Waals surface area contributed by atoms with Crippen molar-refractivity contribution in [1.29, 1.82) is 0 Å². The minimum atomic E-state index is -0.121. The van der Waals surface area contributed by atoms with Crippen LogP contribution in [0.3, 0.4) is 0 Å². The van der Waals surface area contributed by atoms with Crippen LogP contribution in [0.25, 0.3) is 0 Å². The Morgan fingerprint density at radius 2 is 1.67 bits per heavy atom. The van der Waals surface area contributed by atoms with Crippen LogP contribution in [0, 0.1) is 11.3 Å². The van der Waals surface area contributed by atoms with Crippen molar-refractivity contribution in [3.8, 4) is 0 Å². The van der Waals surface area contributed by atoms with Gasteiger partial charge in [0.2, 0.25) is 0 Å². The molecule has 3 nitrogen and oxygen atoms in total. The molecule has 2 rings (SSSR count). The van der Waals surface area contributed by atoms with Crippen LogP contribution in [-0.2, 0) is 9.53 Å². The first-order chi connectivity index (χ1) is 10.2. The van der Waals surface area contributed by atoms with Crippen LogP contribution in [0.2, 0.25) is 0 Å². The summed E-state index contributed by atoms with van der Waals surface area (Å²) in [6.45, 7) is 7.82. The molecule has 2 fully saturated rings. The standard InChI is InChI=1S/C18H33NO2/c1-3-19(4-2)14-15-21-17(20)18(12-8-9-13-18)16-10-6-5-7-11-16/h16H,3-15H2,1-2H3. The number of esters is 1. The van der Waals surface area contributed by atoms with Crippen LogP contribution in [0.15, 0.2) is 0 Å². The molecule has 0 N–H and O–H groups in total. The van der Waals surface area contributed by atoms with E-state index in [0.717, 1.165) is 32.5 Å². The van der Waals surface area contributed by atoms with E-state index in [4.69, 9.17) is 4.74 Å². The zero-order valence-corrected chi connectivity index (χ0v) is 14.0. The van der Waals surface area contributed by atoms with Gasteiger partial charge >= 0.3 is 5.97 Å². The fraction of sp³-hybridized carbons (Fsp3) is 0.944. The number of hydrogen-bond acceptors (Lipinski definition) is 3. The first-order valence-corrected chi connectivity index (χ1v) is 9.12. The van der Waals surface area contributed by atoms with Crippen molar-refractivity contribution in [3.05, 3.63) is 0 Å². The summed E-state index contributed by atoms with van der Waals surface area (Å²) in [5.41, 5.74) is -0.121. The Kier molecular flexibility index (Phi) is 6.53. The zero-order chi connectivity index (χ0) is 15.1. The van der Waals surface area contributed by atoms with Crippen molar-refractivity contribution in [3.63, 3.8) is 0 Å². The molecule has 0 atom stereocenters. The first kappa shape index (κ1) is 16.8. The number of carbonyl (C=O) groups is 1. The number of nitrogens with zero attached hydrogens (tertiary/aromatic N) is 1. The molecular formula is C18H33NO2. The van der Waals surface area contributed by atoms with E-state index >= 15 is 0 Å². The summed E-state index contributed by atoms with van der Waals surface area (Å²) in [4.78, 5) is 15.1. The van der Waals surface area contributed by atoms with Crippen molar-refractivity contribution < 1.29 is 9.53 Å². The highest BCUT2D eigenvalue weighted by atomic mass is 16.5. The van der Waals surface area contributed by atoms with Crippen LogP contribution in [-0.4, -0.2) is 37.1 Å². The van der Waals surface area contributed by atoms with Gasteiger partial charge in [-0.15, -0.1) is 0 Å². The van der Waals surface area contributed by atoms with E-state index in [2.05, 4.69) is 18.7 Å². The van der Waals surface area contributed by atoms with Crippen LogP contribution in [0.4, 0.5) is 0 Å². The Morgan fingerprint density at radius 3 is 2.24 bits per heavy atom. The quantitative estimate of drug-likeness (QED) is 0.665. The van der Waals surface area contributed by atoms with Gasteiger partial charge in [0.25, 0.3) is 0 Å². The molecule has 0 spiro atoms. The maximum absolute atomic E-state index is 12.8. The molecule has 0 unspecified atom stereocenters. The van der Waals surface area contributed by atoms with Crippen LogP contribution in [0.5, 0.6) is 0 Å². The number of ether oxygens (including phenoxy) is 1. The van der Waals surface area contributed by atoms with E-state index in [1.54, 1.807) is 0 Å². The Labute approximate surface area is 130 Å². The van der Waals surface area contributed by atoms with Gasteiger partial charge in [-0.2, -0.15) is 0 Å². The fourth-order valence-electron chi connectivity index (χ4n) is 4.39. The molecule has 0 heterocycles. The highest BCUT2D eigenvalue weighted by molar-refractivity contribution is 5.77. The lowest BCUT2D eigenvalue weighted by Gasteiger charge is -2.37. The van der Waals surface area contributed by atoms with Gasteiger partial charge < -0.3 is 9.64 Å². The van der Waals surface area contributed by atoms with Crippen LogP contribution < -0.4 is 0 Å². The zero-order valence-electron chi connectivity index (χ0n) is 14.0. The smallest absolute Gasteiger partial charge is 0.312 e. The van der Waals surface area contributed by atoms with E-state index in [0.29, 0.717) is 12.5 Å². The Morgan fingerprint density at radius 1 is 1.05 bits per heavy atom. The number of likely N-dealkylation sites (N-methyl/N-ethyl adjacent to an activating group) is 1. The average Bonchev–Trinajstić information content (AvgIpc) is 3.03. The maximum Gasteiger partial charge on any atom is 0.312 e. The first-order valence-electron chi connectivity index (χ1n) is 9.12. The predicted octanol–water partition coefficient (Wildman–Crippen LogP) is 4.01. The number of carbonyl (C=O) groups excluding carboxylic acids is 1. The summed E-state index contributed by atoms with van der Waals surface area (Å²) in [5.74, 6) is 0.716. The summed E-state index contributed by atoms with van der Waals surface area (Å²) >= 11 is 0. The van der Waals surface area contributed by atoms with Gasteiger partial charge in [-0.1, -0.05) is 46.0 Å². The van der Waals surface area contributed by atoms with Crippen LogP contribution >= 0.6 is 0 Å². The van der Waals surface area contributed by atoms with E-state index in [-0.39, 0.29) is 11.4 Å². The molecule has 21 heavy (non-hydrogen) atoms. The second kappa shape index (κ2) is 8.17. The van der Waals surface area contributed by atoms with Gasteiger partial charge in [0.15, 0.2) is 0 Å². The highest BCUT2D eigenvalue weighted by Crippen LogP contribution is 2.50. The van der Waals surface area contributed by atoms with Gasteiger partial charge in [0, 0.05) is 6.54 Å². The molecule has 0 aromatic rings. The molecule has 2 aliphatic rings. The molecule has 0 bridgehead atoms. The molecule has 2 saturated carbocycles. The third kappa shape index (κ3) is 4.00. The molecule has 3 heteroatoms. The summed E-state index contributed by atoms with van der Waals surface area (Å²) < 4.78 is 5.74. The summed E-state index contributed by atoms with van der Waals surface area (Å²) in [6, 6.07) is 0. The van der Waals surface area contributed by atoms with E-state index in [9.17, 15) is 4.79 Å². The molecule has 122 valence electrons. The Hall–Kier alpha value is -0.570. The van der Waals surface area contributed by atoms with E-state index in [1.807, 2.05) is 0 Å². The van der Waals surface area contributed by atoms with E-state index < -0.39 is 0 Å². The van der Waals surface area contributed by atoms with Gasteiger partial charge in [-0.05, 0) is 44.7 Å². The lowest BCUT2D eigenvalue weighted by atomic mass is 9.67. The summed E-state index contributed by atoms with van der Waals surface area (Å²) in [7, 11) is 0. The Bertz CT molecular complexity index is 313. The molecule has 0 radical (unpaired) electrons. The molecule has 0 amide bonds. The fourth-order valence-corrected chi connectivity index (χ4v) is 4.39. The lowest BCUT2D eigenvalue weighted by Crippen LogP contribution is -2.40. The van der Waals surface area contributed by atoms with Crippen molar-refractivity contribution in [1.82, 2.24) is 4.90 Å². The van der Waals surface area contributed by atoms with Crippen molar-refractivity contribution in [2.45, 2.75) is 71.6 Å². The molecule has 2 aliphatic carbocycles. The third-order valence-electron chi connectivity index (χ3n) is 5.82.